The standard InChI is InChI=1S/C21H19N5O2/c1-12-7-13(2)25-21(27-16-3-4-16)19(12)28-20-17(23)5-6-18(26-20)15-8-14(9-22)10-24-11-15/h5-8,10-11,16H,3-4,23H2,1-2H3. The van der Waals surface area contributed by atoms with Crippen LogP contribution in [0, 0.1) is 25.2 Å². The number of ether oxygens (including phenoxy) is 2. The number of nitriles is 1. The highest BCUT2D eigenvalue weighted by atomic mass is 16.5. The molecule has 7 nitrogen and oxygen atoms in total. The van der Waals surface area contributed by atoms with Gasteiger partial charge in [0, 0.05) is 23.7 Å². The van der Waals surface area contributed by atoms with E-state index in [1.54, 1.807) is 24.4 Å². The molecule has 1 fully saturated rings. The van der Waals surface area contributed by atoms with Crippen LogP contribution in [0.25, 0.3) is 11.3 Å². The van der Waals surface area contributed by atoms with Gasteiger partial charge in [0.15, 0.2) is 5.75 Å². The first-order valence-corrected chi connectivity index (χ1v) is 8.98. The molecule has 1 aliphatic carbocycles. The highest BCUT2D eigenvalue weighted by Gasteiger charge is 2.27. The second-order valence-corrected chi connectivity index (χ2v) is 6.80. The van der Waals surface area contributed by atoms with Crippen LogP contribution in [0.1, 0.15) is 29.7 Å². The maximum Gasteiger partial charge on any atom is 0.258 e. The van der Waals surface area contributed by atoms with Crippen molar-refractivity contribution < 1.29 is 9.47 Å². The number of rotatable bonds is 5. The first kappa shape index (κ1) is 17.7. The molecule has 0 atom stereocenters. The summed E-state index contributed by atoms with van der Waals surface area (Å²) in [7, 11) is 0. The van der Waals surface area contributed by atoms with Gasteiger partial charge in [-0.2, -0.15) is 5.26 Å². The minimum Gasteiger partial charge on any atom is -0.472 e. The molecule has 0 saturated heterocycles. The predicted molar refractivity (Wildman–Crippen MR) is 104 cm³/mol. The monoisotopic (exact) mass is 373 g/mol. The van der Waals surface area contributed by atoms with Crippen LogP contribution >= 0.6 is 0 Å². The summed E-state index contributed by atoms with van der Waals surface area (Å²) in [4.78, 5) is 13.1. The molecule has 3 aromatic rings. The van der Waals surface area contributed by atoms with E-state index in [-0.39, 0.29) is 12.0 Å². The minimum absolute atomic E-state index is 0.187. The Labute approximate surface area is 162 Å². The van der Waals surface area contributed by atoms with Gasteiger partial charge in [-0.05, 0) is 56.5 Å². The van der Waals surface area contributed by atoms with E-state index < -0.39 is 0 Å². The summed E-state index contributed by atoms with van der Waals surface area (Å²) in [6, 6.07) is 9.20. The van der Waals surface area contributed by atoms with Crippen LogP contribution in [0.3, 0.4) is 0 Å². The number of nitrogens with zero attached hydrogens (tertiary/aromatic N) is 4. The van der Waals surface area contributed by atoms with Gasteiger partial charge in [0.05, 0.1) is 16.9 Å². The zero-order valence-corrected chi connectivity index (χ0v) is 15.6. The van der Waals surface area contributed by atoms with E-state index in [4.69, 9.17) is 20.5 Å². The van der Waals surface area contributed by atoms with Gasteiger partial charge in [-0.3, -0.25) is 4.98 Å². The summed E-state index contributed by atoms with van der Waals surface area (Å²) >= 11 is 0. The number of aromatic nitrogens is 3. The highest BCUT2D eigenvalue weighted by Crippen LogP contribution is 2.38. The molecular weight excluding hydrogens is 354 g/mol. The van der Waals surface area contributed by atoms with E-state index in [0.29, 0.717) is 34.1 Å². The number of hydrogen-bond donors (Lipinski definition) is 1. The Morgan fingerprint density at radius 3 is 2.68 bits per heavy atom. The molecule has 3 aromatic heterocycles. The lowest BCUT2D eigenvalue weighted by molar-refractivity contribution is 0.274. The number of aryl methyl sites for hydroxylation is 2. The molecule has 0 bridgehead atoms. The zero-order valence-electron chi connectivity index (χ0n) is 15.6. The van der Waals surface area contributed by atoms with Crippen molar-refractivity contribution in [3.05, 3.63) is 53.5 Å². The van der Waals surface area contributed by atoms with Gasteiger partial charge < -0.3 is 15.2 Å². The second kappa shape index (κ2) is 7.16. The smallest absolute Gasteiger partial charge is 0.258 e. The van der Waals surface area contributed by atoms with Gasteiger partial charge >= 0.3 is 0 Å². The maximum atomic E-state index is 9.09. The van der Waals surface area contributed by atoms with Gasteiger partial charge in [0.1, 0.15) is 12.2 Å². The number of nitrogens with two attached hydrogens (primary N) is 1. The normalized spacial score (nSPS) is 13.0. The summed E-state index contributed by atoms with van der Waals surface area (Å²) in [6.07, 6.45) is 5.37. The van der Waals surface area contributed by atoms with E-state index in [0.717, 1.165) is 24.1 Å². The second-order valence-electron chi connectivity index (χ2n) is 6.80. The number of pyridine rings is 3. The van der Waals surface area contributed by atoms with Crippen LogP contribution < -0.4 is 15.2 Å². The fourth-order valence-electron chi connectivity index (χ4n) is 2.77. The Kier molecular flexibility index (Phi) is 4.53. The molecule has 2 N–H and O–H groups in total. The molecule has 0 unspecified atom stereocenters. The van der Waals surface area contributed by atoms with Crippen LogP contribution in [-0.4, -0.2) is 21.1 Å². The number of anilines is 1. The van der Waals surface area contributed by atoms with E-state index in [9.17, 15) is 0 Å². The molecule has 1 aliphatic rings. The van der Waals surface area contributed by atoms with Crippen LogP contribution in [0.15, 0.2) is 36.7 Å². The third-order valence-electron chi connectivity index (χ3n) is 4.31. The first-order valence-electron chi connectivity index (χ1n) is 8.98. The van der Waals surface area contributed by atoms with Crippen LogP contribution in [0.2, 0.25) is 0 Å². The van der Waals surface area contributed by atoms with Gasteiger partial charge in [0.2, 0.25) is 5.88 Å². The summed E-state index contributed by atoms with van der Waals surface area (Å²) < 4.78 is 12.0. The average molecular weight is 373 g/mol. The maximum absolute atomic E-state index is 9.09. The third-order valence-corrected chi connectivity index (χ3v) is 4.31. The molecule has 0 radical (unpaired) electrons. The molecular formula is C21H19N5O2. The lowest BCUT2D eigenvalue weighted by Crippen LogP contribution is -2.05. The lowest BCUT2D eigenvalue weighted by Gasteiger charge is -2.15. The molecule has 0 aliphatic heterocycles. The molecule has 3 heterocycles. The van der Waals surface area contributed by atoms with Crippen molar-refractivity contribution in [2.24, 2.45) is 0 Å². The average Bonchev–Trinajstić information content (AvgIpc) is 3.50. The molecule has 140 valence electrons. The van der Waals surface area contributed by atoms with Gasteiger partial charge in [-0.15, -0.1) is 0 Å². The lowest BCUT2D eigenvalue weighted by atomic mass is 10.1. The van der Waals surface area contributed by atoms with E-state index in [1.807, 2.05) is 19.9 Å². The number of nitrogen functional groups attached to an aromatic ring is 1. The molecule has 4 rings (SSSR count). The van der Waals surface area contributed by atoms with Crippen molar-refractivity contribution in [1.29, 1.82) is 5.26 Å². The number of hydrogen-bond acceptors (Lipinski definition) is 7. The van der Waals surface area contributed by atoms with Crippen LogP contribution in [0.5, 0.6) is 17.5 Å². The fraction of sp³-hybridized carbons (Fsp3) is 0.238. The summed E-state index contributed by atoms with van der Waals surface area (Å²) in [5, 5.41) is 9.09. The summed E-state index contributed by atoms with van der Waals surface area (Å²) in [6.45, 7) is 3.85. The van der Waals surface area contributed by atoms with Crippen molar-refractivity contribution >= 4 is 5.69 Å². The highest BCUT2D eigenvalue weighted by molar-refractivity contribution is 5.64. The Morgan fingerprint density at radius 2 is 1.93 bits per heavy atom. The Bertz CT molecular complexity index is 1090. The van der Waals surface area contributed by atoms with Crippen molar-refractivity contribution in [2.75, 3.05) is 5.73 Å². The van der Waals surface area contributed by atoms with Gasteiger partial charge in [-0.25, -0.2) is 9.97 Å². The van der Waals surface area contributed by atoms with Crippen LogP contribution in [0.4, 0.5) is 5.69 Å². The Hall–Kier alpha value is -3.66. The fourth-order valence-corrected chi connectivity index (χ4v) is 2.77. The van der Waals surface area contributed by atoms with Crippen molar-refractivity contribution in [1.82, 2.24) is 15.0 Å². The summed E-state index contributed by atoms with van der Waals surface area (Å²) in [5.41, 5.74) is 10.0. The molecule has 0 aromatic carbocycles. The molecule has 28 heavy (non-hydrogen) atoms. The SMILES string of the molecule is Cc1cc(C)c(Oc2nc(-c3cncc(C#N)c3)ccc2N)c(OC2CC2)n1. The van der Waals surface area contributed by atoms with Gasteiger partial charge in [0.25, 0.3) is 5.88 Å². The topological polar surface area (TPSA) is 107 Å². The van der Waals surface area contributed by atoms with Crippen molar-refractivity contribution in [2.45, 2.75) is 32.8 Å². The van der Waals surface area contributed by atoms with Gasteiger partial charge in [-0.1, -0.05) is 0 Å². The summed E-state index contributed by atoms with van der Waals surface area (Å²) in [5.74, 6) is 1.23. The van der Waals surface area contributed by atoms with Crippen molar-refractivity contribution in [3.63, 3.8) is 0 Å². The molecule has 7 heteroatoms. The third kappa shape index (κ3) is 3.71. The molecule has 1 saturated carbocycles. The molecule has 0 amide bonds. The Balaban J connectivity index is 1.71. The van der Waals surface area contributed by atoms with E-state index in [2.05, 4.69) is 21.0 Å². The van der Waals surface area contributed by atoms with Crippen LogP contribution in [-0.2, 0) is 0 Å². The van der Waals surface area contributed by atoms with E-state index >= 15 is 0 Å². The minimum atomic E-state index is 0.187. The largest absolute Gasteiger partial charge is 0.472 e. The molecule has 0 spiro atoms. The quantitative estimate of drug-likeness (QED) is 0.721. The first-order chi connectivity index (χ1) is 13.5. The van der Waals surface area contributed by atoms with Crippen molar-refractivity contribution in [3.8, 4) is 34.8 Å². The Morgan fingerprint density at radius 1 is 1.11 bits per heavy atom. The van der Waals surface area contributed by atoms with E-state index in [1.165, 1.54) is 6.20 Å². The zero-order chi connectivity index (χ0) is 19.7. The predicted octanol–water partition coefficient (Wildman–Crippen LogP) is 3.94.